The molecule has 0 aliphatic heterocycles. The van der Waals surface area contributed by atoms with Gasteiger partial charge in [-0.2, -0.15) is 5.10 Å². The predicted molar refractivity (Wildman–Crippen MR) is 68.7 cm³/mol. The Balaban J connectivity index is 2.30. The Bertz CT molecular complexity index is 644. The third-order valence-electron chi connectivity index (χ3n) is 2.74. The average molecular weight is 242 g/mol. The first-order valence-electron chi connectivity index (χ1n) is 5.71. The number of Topliss-reactive ketones (excluding diaryl/α,β-unsaturated/α-hetero) is 1. The zero-order chi connectivity index (χ0) is 13.1. The monoisotopic (exact) mass is 242 g/mol. The summed E-state index contributed by atoms with van der Waals surface area (Å²) in [5.74, 6) is -0.103. The van der Waals surface area contributed by atoms with Gasteiger partial charge in [-0.3, -0.25) is 9.59 Å². The van der Waals surface area contributed by atoms with Crippen molar-refractivity contribution in [3.05, 3.63) is 63.6 Å². The SMILES string of the molecule is Cc1ccc(=O)n(CC(=O)c2ccccc2C)n1. The first-order valence-corrected chi connectivity index (χ1v) is 5.71. The second-order valence-electron chi connectivity index (χ2n) is 4.21. The van der Waals surface area contributed by atoms with Crippen LogP contribution in [-0.2, 0) is 6.54 Å². The summed E-state index contributed by atoms with van der Waals surface area (Å²) in [6, 6.07) is 10.4. The minimum Gasteiger partial charge on any atom is -0.292 e. The summed E-state index contributed by atoms with van der Waals surface area (Å²) in [6.07, 6.45) is 0. The summed E-state index contributed by atoms with van der Waals surface area (Å²) in [6.45, 7) is 3.64. The van der Waals surface area contributed by atoms with Crippen molar-refractivity contribution in [3.8, 4) is 0 Å². The molecule has 0 aliphatic carbocycles. The van der Waals surface area contributed by atoms with E-state index in [-0.39, 0.29) is 17.9 Å². The third kappa shape index (κ3) is 2.53. The summed E-state index contributed by atoms with van der Waals surface area (Å²) >= 11 is 0. The van der Waals surface area contributed by atoms with Crippen molar-refractivity contribution in [3.63, 3.8) is 0 Å². The summed E-state index contributed by atoms with van der Waals surface area (Å²) < 4.78 is 1.20. The first-order chi connectivity index (χ1) is 8.58. The van der Waals surface area contributed by atoms with Crippen LogP contribution in [0.5, 0.6) is 0 Å². The number of hydrogen-bond acceptors (Lipinski definition) is 3. The highest BCUT2D eigenvalue weighted by Crippen LogP contribution is 2.08. The van der Waals surface area contributed by atoms with E-state index >= 15 is 0 Å². The highest BCUT2D eigenvalue weighted by molar-refractivity contribution is 5.97. The molecule has 2 rings (SSSR count). The van der Waals surface area contributed by atoms with Crippen molar-refractivity contribution in [1.29, 1.82) is 0 Å². The van der Waals surface area contributed by atoms with Gasteiger partial charge in [-0.1, -0.05) is 24.3 Å². The molecule has 0 spiro atoms. The Hall–Kier alpha value is -2.23. The fourth-order valence-corrected chi connectivity index (χ4v) is 1.77. The smallest absolute Gasteiger partial charge is 0.267 e. The maximum Gasteiger partial charge on any atom is 0.267 e. The Morgan fingerprint density at radius 1 is 1.17 bits per heavy atom. The molecule has 0 radical (unpaired) electrons. The molecule has 4 heteroatoms. The normalized spacial score (nSPS) is 10.3. The number of carbonyl (C=O) groups is 1. The zero-order valence-electron chi connectivity index (χ0n) is 10.4. The molecule has 1 aromatic heterocycles. The lowest BCUT2D eigenvalue weighted by molar-refractivity contribution is 0.0965. The molecule has 1 aromatic carbocycles. The molecular weight excluding hydrogens is 228 g/mol. The average Bonchev–Trinajstić information content (AvgIpc) is 2.34. The van der Waals surface area contributed by atoms with Crippen LogP contribution in [-0.4, -0.2) is 15.6 Å². The number of carbonyl (C=O) groups excluding carboxylic acids is 1. The number of ketones is 1. The second kappa shape index (κ2) is 4.96. The van der Waals surface area contributed by atoms with Crippen molar-refractivity contribution in [2.75, 3.05) is 0 Å². The van der Waals surface area contributed by atoms with Crippen molar-refractivity contribution >= 4 is 5.78 Å². The summed E-state index contributed by atoms with van der Waals surface area (Å²) in [7, 11) is 0. The van der Waals surface area contributed by atoms with Crippen LogP contribution in [0.15, 0.2) is 41.2 Å². The van der Waals surface area contributed by atoms with Gasteiger partial charge in [0.25, 0.3) is 5.56 Å². The fraction of sp³-hybridized carbons (Fsp3) is 0.214. The molecule has 0 N–H and O–H groups in total. The van der Waals surface area contributed by atoms with Crippen LogP contribution < -0.4 is 5.56 Å². The molecule has 2 aromatic rings. The van der Waals surface area contributed by atoms with Crippen molar-refractivity contribution < 1.29 is 4.79 Å². The minimum atomic E-state index is -0.262. The van der Waals surface area contributed by atoms with Crippen LogP contribution in [0.25, 0.3) is 0 Å². The lowest BCUT2D eigenvalue weighted by Gasteiger charge is -2.06. The fourth-order valence-electron chi connectivity index (χ4n) is 1.77. The first kappa shape index (κ1) is 12.2. The van der Waals surface area contributed by atoms with Gasteiger partial charge in [0, 0.05) is 11.6 Å². The summed E-state index contributed by atoms with van der Waals surface area (Å²) in [5.41, 5.74) is 1.99. The molecule has 0 bridgehead atoms. The predicted octanol–water partition coefficient (Wildman–Crippen LogP) is 1.74. The molecule has 0 saturated heterocycles. The molecule has 1 heterocycles. The van der Waals surface area contributed by atoms with E-state index in [9.17, 15) is 9.59 Å². The highest BCUT2D eigenvalue weighted by Gasteiger charge is 2.10. The highest BCUT2D eigenvalue weighted by atomic mass is 16.1. The van der Waals surface area contributed by atoms with Crippen LogP contribution >= 0.6 is 0 Å². The largest absolute Gasteiger partial charge is 0.292 e. The topological polar surface area (TPSA) is 52.0 Å². The van der Waals surface area contributed by atoms with Gasteiger partial charge in [0.2, 0.25) is 0 Å². The molecule has 0 saturated carbocycles. The molecular formula is C14H14N2O2. The van der Waals surface area contributed by atoms with E-state index in [1.54, 1.807) is 19.1 Å². The van der Waals surface area contributed by atoms with Crippen LogP contribution in [0.2, 0.25) is 0 Å². The van der Waals surface area contributed by atoms with Gasteiger partial charge >= 0.3 is 0 Å². The van der Waals surface area contributed by atoms with E-state index in [1.807, 2.05) is 25.1 Å². The van der Waals surface area contributed by atoms with E-state index in [0.29, 0.717) is 11.3 Å². The molecule has 0 unspecified atom stereocenters. The maximum absolute atomic E-state index is 12.1. The maximum atomic E-state index is 12.1. The number of aryl methyl sites for hydroxylation is 2. The number of rotatable bonds is 3. The molecule has 18 heavy (non-hydrogen) atoms. The second-order valence-corrected chi connectivity index (χ2v) is 4.21. The lowest BCUT2D eigenvalue weighted by Crippen LogP contribution is -2.26. The van der Waals surface area contributed by atoms with Crippen LogP contribution in [0.4, 0.5) is 0 Å². The van der Waals surface area contributed by atoms with E-state index in [4.69, 9.17) is 0 Å². The Morgan fingerprint density at radius 3 is 2.61 bits per heavy atom. The molecule has 0 fully saturated rings. The lowest BCUT2D eigenvalue weighted by atomic mass is 10.1. The standard InChI is InChI=1S/C14H14N2O2/c1-10-5-3-4-6-12(10)13(17)9-16-14(18)8-7-11(2)15-16/h3-8H,9H2,1-2H3. The van der Waals surface area contributed by atoms with Crippen LogP contribution in [0.1, 0.15) is 21.6 Å². The van der Waals surface area contributed by atoms with Gasteiger partial charge in [-0.15, -0.1) is 0 Å². The quantitative estimate of drug-likeness (QED) is 0.770. The van der Waals surface area contributed by atoms with Gasteiger partial charge in [-0.25, -0.2) is 4.68 Å². The number of nitrogens with zero attached hydrogens (tertiary/aromatic N) is 2. The van der Waals surface area contributed by atoms with Gasteiger partial charge < -0.3 is 0 Å². The third-order valence-corrected chi connectivity index (χ3v) is 2.74. The van der Waals surface area contributed by atoms with Crippen molar-refractivity contribution in [2.24, 2.45) is 0 Å². The summed E-state index contributed by atoms with van der Waals surface area (Å²) in [4.78, 5) is 23.7. The van der Waals surface area contributed by atoms with Crippen LogP contribution in [0, 0.1) is 13.8 Å². The molecule has 0 atom stereocenters. The van der Waals surface area contributed by atoms with E-state index < -0.39 is 0 Å². The van der Waals surface area contributed by atoms with E-state index in [2.05, 4.69) is 5.10 Å². The zero-order valence-corrected chi connectivity index (χ0v) is 10.4. The van der Waals surface area contributed by atoms with Gasteiger partial charge in [0.15, 0.2) is 5.78 Å². The number of benzene rings is 1. The molecule has 0 aliphatic rings. The minimum absolute atomic E-state index is 0.0225. The van der Waals surface area contributed by atoms with E-state index in [0.717, 1.165) is 5.56 Å². The van der Waals surface area contributed by atoms with Crippen molar-refractivity contribution in [1.82, 2.24) is 9.78 Å². The Kier molecular flexibility index (Phi) is 3.37. The number of aromatic nitrogens is 2. The Morgan fingerprint density at radius 2 is 1.89 bits per heavy atom. The number of hydrogen-bond donors (Lipinski definition) is 0. The molecule has 0 amide bonds. The molecule has 4 nitrogen and oxygen atoms in total. The molecule has 92 valence electrons. The Labute approximate surface area is 105 Å². The van der Waals surface area contributed by atoms with Gasteiger partial charge in [0.1, 0.15) is 6.54 Å². The van der Waals surface area contributed by atoms with Gasteiger partial charge in [0.05, 0.1) is 5.69 Å². The van der Waals surface area contributed by atoms with Crippen LogP contribution in [0.3, 0.4) is 0 Å². The van der Waals surface area contributed by atoms with E-state index in [1.165, 1.54) is 10.7 Å². The van der Waals surface area contributed by atoms with Crippen molar-refractivity contribution in [2.45, 2.75) is 20.4 Å². The van der Waals surface area contributed by atoms with Gasteiger partial charge in [-0.05, 0) is 25.5 Å². The summed E-state index contributed by atoms with van der Waals surface area (Å²) in [5, 5.41) is 4.05.